The van der Waals surface area contributed by atoms with Crippen molar-refractivity contribution in [2.75, 3.05) is 0 Å². The molecule has 0 spiro atoms. The highest BCUT2D eigenvalue weighted by molar-refractivity contribution is 5.87. The van der Waals surface area contributed by atoms with Crippen molar-refractivity contribution in [2.24, 2.45) is 5.92 Å². The molecule has 0 aromatic heterocycles. The van der Waals surface area contributed by atoms with Gasteiger partial charge in [0.2, 0.25) is 0 Å². The SMILES string of the molecule is O=C(OCc1ccccc1)N1C(c2ccccc2)C2CC1(C(=O)O)C2. The van der Waals surface area contributed by atoms with Crippen LogP contribution in [0.4, 0.5) is 4.79 Å². The van der Waals surface area contributed by atoms with E-state index in [2.05, 4.69) is 0 Å². The highest BCUT2D eigenvalue weighted by atomic mass is 16.6. The molecule has 2 aromatic rings. The quantitative estimate of drug-likeness (QED) is 0.925. The van der Waals surface area contributed by atoms with Crippen molar-refractivity contribution in [3.8, 4) is 0 Å². The molecular weight excluding hydrogens is 318 g/mol. The van der Waals surface area contributed by atoms with E-state index in [0.717, 1.165) is 11.1 Å². The molecule has 1 N–H and O–H groups in total. The van der Waals surface area contributed by atoms with E-state index in [0.29, 0.717) is 12.8 Å². The number of carboxylic acid groups (broad SMARTS) is 1. The highest BCUT2D eigenvalue weighted by Crippen LogP contribution is 2.60. The lowest BCUT2D eigenvalue weighted by atomic mass is 9.71. The van der Waals surface area contributed by atoms with Gasteiger partial charge in [-0.15, -0.1) is 0 Å². The third kappa shape index (κ3) is 2.47. The largest absolute Gasteiger partial charge is 0.479 e. The van der Waals surface area contributed by atoms with Gasteiger partial charge in [-0.2, -0.15) is 0 Å². The Balaban J connectivity index is 1.59. The molecule has 2 heterocycles. The summed E-state index contributed by atoms with van der Waals surface area (Å²) >= 11 is 0. The zero-order chi connectivity index (χ0) is 17.4. The van der Waals surface area contributed by atoms with Crippen LogP contribution in [0.15, 0.2) is 60.7 Å². The molecule has 2 bridgehead atoms. The minimum atomic E-state index is -1.13. The minimum absolute atomic E-state index is 0.137. The van der Waals surface area contributed by atoms with Crippen molar-refractivity contribution in [1.82, 2.24) is 4.90 Å². The predicted molar refractivity (Wildman–Crippen MR) is 90.7 cm³/mol. The van der Waals surface area contributed by atoms with E-state index < -0.39 is 17.6 Å². The van der Waals surface area contributed by atoms with Crippen molar-refractivity contribution in [2.45, 2.75) is 31.0 Å². The first-order valence-electron chi connectivity index (χ1n) is 8.40. The number of carbonyl (C=O) groups is 2. The maximum atomic E-state index is 12.8. The van der Waals surface area contributed by atoms with E-state index in [-0.39, 0.29) is 18.6 Å². The van der Waals surface area contributed by atoms with Crippen LogP contribution in [0, 0.1) is 5.92 Å². The summed E-state index contributed by atoms with van der Waals surface area (Å²) in [5, 5.41) is 9.73. The third-order valence-electron chi connectivity index (χ3n) is 5.33. The van der Waals surface area contributed by atoms with Crippen LogP contribution < -0.4 is 0 Å². The van der Waals surface area contributed by atoms with Gasteiger partial charge in [0.25, 0.3) is 0 Å². The van der Waals surface area contributed by atoms with Gasteiger partial charge < -0.3 is 9.84 Å². The monoisotopic (exact) mass is 337 g/mol. The maximum absolute atomic E-state index is 12.8. The van der Waals surface area contributed by atoms with Gasteiger partial charge >= 0.3 is 12.1 Å². The molecule has 1 unspecified atom stereocenters. The number of rotatable bonds is 4. The van der Waals surface area contributed by atoms with Crippen molar-refractivity contribution >= 4 is 12.1 Å². The normalized spacial score (nSPS) is 26.8. The Hall–Kier alpha value is -2.82. The Morgan fingerprint density at radius 1 is 1.04 bits per heavy atom. The van der Waals surface area contributed by atoms with Gasteiger partial charge in [0, 0.05) is 0 Å². The maximum Gasteiger partial charge on any atom is 0.411 e. The lowest BCUT2D eigenvalue weighted by Crippen LogP contribution is -2.54. The third-order valence-corrected chi connectivity index (χ3v) is 5.33. The fourth-order valence-corrected chi connectivity index (χ4v) is 4.13. The minimum Gasteiger partial charge on any atom is -0.479 e. The zero-order valence-electron chi connectivity index (χ0n) is 13.7. The fraction of sp³-hybridized carbons (Fsp3) is 0.300. The van der Waals surface area contributed by atoms with Crippen LogP contribution in [0.1, 0.15) is 30.0 Å². The number of carboxylic acids is 1. The Kier molecular flexibility index (Phi) is 3.71. The fourth-order valence-electron chi connectivity index (χ4n) is 4.13. The van der Waals surface area contributed by atoms with E-state index in [1.807, 2.05) is 60.7 Å². The molecule has 5 heteroatoms. The molecule has 5 rings (SSSR count). The Labute approximate surface area is 145 Å². The number of aliphatic carboxylic acids is 1. The second kappa shape index (κ2) is 5.92. The molecule has 2 aromatic carbocycles. The first kappa shape index (κ1) is 15.7. The summed E-state index contributed by atoms with van der Waals surface area (Å²) in [6.45, 7) is 0.137. The van der Waals surface area contributed by atoms with Crippen LogP contribution in [-0.4, -0.2) is 27.6 Å². The average molecular weight is 337 g/mol. The molecule has 128 valence electrons. The second-order valence-corrected chi connectivity index (χ2v) is 6.77. The molecule has 3 aliphatic rings. The molecule has 25 heavy (non-hydrogen) atoms. The first-order chi connectivity index (χ1) is 12.1. The van der Waals surface area contributed by atoms with E-state index in [9.17, 15) is 14.7 Å². The average Bonchev–Trinajstić information content (AvgIpc) is 3.13. The molecule has 1 amide bonds. The van der Waals surface area contributed by atoms with Gasteiger partial charge in [0.15, 0.2) is 0 Å². The van der Waals surface area contributed by atoms with Crippen LogP contribution in [0.2, 0.25) is 0 Å². The van der Waals surface area contributed by atoms with E-state index in [4.69, 9.17) is 4.74 Å². The number of carbonyl (C=O) groups excluding carboxylic acids is 1. The summed E-state index contributed by atoms with van der Waals surface area (Å²) < 4.78 is 5.46. The smallest absolute Gasteiger partial charge is 0.411 e. The number of hydrogen-bond donors (Lipinski definition) is 1. The number of fused-ring (bicyclic) bond motifs is 1. The molecular formula is C20H19NO4. The van der Waals surface area contributed by atoms with Gasteiger partial charge in [-0.25, -0.2) is 9.59 Å². The van der Waals surface area contributed by atoms with Crippen molar-refractivity contribution in [3.63, 3.8) is 0 Å². The second-order valence-electron chi connectivity index (χ2n) is 6.77. The zero-order valence-corrected chi connectivity index (χ0v) is 13.7. The molecule has 5 nitrogen and oxygen atoms in total. The van der Waals surface area contributed by atoms with Crippen molar-refractivity contribution < 1.29 is 19.4 Å². The Bertz CT molecular complexity index is 784. The van der Waals surface area contributed by atoms with Crippen LogP contribution in [-0.2, 0) is 16.1 Å². The highest BCUT2D eigenvalue weighted by Gasteiger charge is 2.68. The summed E-state index contributed by atoms with van der Waals surface area (Å²) in [7, 11) is 0. The first-order valence-corrected chi connectivity index (χ1v) is 8.40. The number of nitrogens with zero attached hydrogens (tertiary/aromatic N) is 1. The van der Waals surface area contributed by atoms with Crippen LogP contribution in [0.3, 0.4) is 0 Å². The van der Waals surface area contributed by atoms with Gasteiger partial charge in [-0.1, -0.05) is 60.7 Å². The summed E-state index contributed by atoms with van der Waals surface area (Å²) in [4.78, 5) is 26.1. The summed E-state index contributed by atoms with van der Waals surface area (Å²) in [6.07, 6.45) is 0.421. The molecule has 1 aliphatic carbocycles. The van der Waals surface area contributed by atoms with Crippen LogP contribution in [0.25, 0.3) is 0 Å². The number of ether oxygens (including phenoxy) is 1. The van der Waals surface area contributed by atoms with E-state index in [1.54, 1.807) is 0 Å². The lowest BCUT2D eigenvalue weighted by molar-refractivity contribution is -0.152. The van der Waals surface area contributed by atoms with Gasteiger partial charge in [-0.05, 0) is 29.9 Å². The predicted octanol–water partition coefficient (Wildman–Crippen LogP) is 3.61. The van der Waals surface area contributed by atoms with E-state index in [1.165, 1.54) is 4.90 Å². The molecule has 1 saturated carbocycles. The van der Waals surface area contributed by atoms with Crippen molar-refractivity contribution in [3.05, 3.63) is 71.8 Å². The molecule has 2 saturated heterocycles. The number of benzene rings is 2. The van der Waals surface area contributed by atoms with Gasteiger partial charge in [0.1, 0.15) is 12.1 Å². The Morgan fingerprint density at radius 3 is 2.24 bits per heavy atom. The van der Waals surface area contributed by atoms with Crippen LogP contribution >= 0.6 is 0 Å². The standard InChI is InChI=1S/C20H19NO4/c22-18(23)20-11-16(12-20)17(15-9-5-2-6-10-15)21(20)19(24)25-13-14-7-3-1-4-8-14/h1-10,16-17H,11-13H2,(H,22,23). The van der Waals surface area contributed by atoms with Crippen molar-refractivity contribution in [1.29, 1.82) is 0 Å². The summed E-state index contributed by atoms with van der Waals surface area (Å²) in [5.74, 6) is -0.776. The Morgan fingerprint density at radius 2 is 1.64 bits per heavy atom. The molecule has 3 fully saturated rings. The molecule has 1 atom stereocenters. The van der Waals surface area contributed by atoms with Crippen LogP contribution in [0.5, 0.6) is 0 Å². The molecule has 0 radical (unpaired) electrons. The topological polar surface area (TPSA) is 66.8 Å². The van der Waals surface area contributed by atoms with Gasteiger partial charge in [-0.3, -0.25) is 4.90 Å². The number of amides is 1. The molecule has 2 aliphatic heterocycles. The van der Waals surface area contributed by atoms with Gasteiger partial charge in [0.05, 0.1) is 6.04 Å². The summed E-state index contributed by atoms with van der Waals surface area (Å²) in [6, 6.07) is 18.8. The number of hydrogen-bond acceptors (Lipinski definition) is 3. The summed E-state index contributed by atoms with van der Waals surface area (Å²) in [5.41, 5.74) is 0.715. The lowest BCUT2D eigenvalue weighted by Gasteiger charge is -2.37. The van der Waals surface area contributed by atoms with E-state index >= 15 is 0 Å².